The Labute approximate surface area is 214 Å². The molecule has 0 radical (unpaired) electrons. The average Bonchev–Trinajstić information content (AvgIpc) is 2.96. The summed E-state index contributed by atoms with van der Waals surface area (Å²) in [6.45, 7) is 1.91. The van der Waals surface area contributed by atoms with E-state index in [9.17, 15) is 14.4 Å². The number of amides is 2. The number of nitrogens with zero attached hydrogens (tertiary/aromatic N) is 4. The molecule has 2 amide bonds. The van der Waals surface area contributed by atoms with Crippen molar-refractivity contribution in [1.82, 2.24) is 19.4 Å². The molecule has 0 N–H and O–H groups in total. The predicted octanol–water partition coefficient (Wildman–Crippen LogP) is 3.31. The van der Waals surface area contributed by atoms with Gasteiger partial charge in [0.25, 0.3) is 11.5 Å². The lowest BCUT2D eigenvalue weighted by molar-refractivity contribution is -0.132. The van der Waals surface area contributed by atoms with Crippen LogP contribution in [0, 0.1) is 0 Å². The monoisotopic (exact) mass is 496 g/mol. The second-order valence-electron chi connectivity index (χ2n) is 8.92. The van der Waals surface area contributed by atoms with Crippen LogP contribution in [0.5, 0.6) is 5.75 Å². The highest BCUT2D eigenvalue weighted by atomic mass is 16.5. The molecule has 0 bridgehead atoms. The van der Waals surface area contributed by atoms with Gasteiger partial charge in [0.05, 0.1) is 18.1 Å². The van der Waals surface area contributed by atoms with E-state index in [0.717, 1.165) is 0 Å². The smallest absolute Gasteiger partial charge is 0.277 e. The van der Waals surface area contributed by atoms with E-state index in [-0.39, 0.29) is 30.2 Å². The van der Waals surface area contributed by atoms with Crippen molar-refractivity contribution in [1.29, 1.82) is 0 Å². The molecule has 0 saturated carbocycles. The van der Waals surface area contributed by atoms with Crippen LogP contribution in [-0.4, -0.2) is 64.5 Å². The summed E-state index contributed by atoms with van der Waals surface area (Å²) in [4.78, 5) is 47.3. The van der Waals surface area contributed by atoms with Crippen molar-refractivity contribution >= 4 is 22.8 Å². The third-order valence-corrected chi connectivity index (χ3v) is 6.67. The van der Waals surface area contributed by atoms with Crippen LogP contribution < -0.4 is 10.3 Å². The summed E-state index contributed by atoms with van der Waals surface area (Å²) in [6, 6.07) is 23.9. The molecule has 1 fully saturated rings. The number of rotatable bonds is 6. The van der Waals surface area contributed by atoms with Gasteiger partial charge < -0.3 is 14.5 Å². The van der Waals surface area contributed by atoms with Crippen molar-refractivity contribution in [2.45, 2.75) is 12.8 Å². The normalized spacial score (nSPS) is 13.5. The van der Waals surface area contributed by atoms with Crippen LogP contribution in [0.15, 0.2) is 83.7 Å². The predicted molar refractivity (Wildman–Crippen MR) is 141 cm³/mol. The van der Waals surface area contributed by atoms with E-state index in [2.05, 4.69) is 4.98 Å². The summed E-state index contributed by atoms with van der Waals surface area (Å²) in [5, 5.41) is 0. The number of hydrogen-bond acceptors (Lipinski definition) is 5. The van der Waals surface area contributed by atoms with Crippen LogP contribution in [-0.2, 0) is 11.2 Å². The third kappa shape index (κ3) is 5.09. The lowest BCUT2D eigenvalue weighted by Gasteiger charge is -2.35. The summed E-state index contributed by atoms with van der Waals surface area (Å²) in [6.07, 6.45) is 0.414. The van der Waals surface area contributed by atoms with Crippen molar-refractivity contribution < 1.29 is 14.3 Å². The maximum absolute atomic E-state index is 13.5. The first-order valence-corrected chi connectivity index (χ1v) is 12.3. The average molecular weight is 497 g/mol. The van der Waals surface area contributed by atoms with Crippen LogP contribution in [0.1, 0.15) is 22.5 Å². The number of aryl methyl sites for hydroxylation is 1. The lowest BCUT2D eigenvalue weighted by Crippen LogP contribution is -2.50. The van der Waals surface area contributed by atoms with Gasteiger partial charge in [0.1, 0.15) is 11.4 Å². The Balaban J connectivity index is 1.29. The SMILES string of the molecule is COc1ccc(-n2c(=O)c(CCC(=O)N3CCN(C(=O)c4ccccc4)CC3)nc3ccccc32)cc1. The number of ether oxygens (including phenoxy) is 1. The van der Waals surface area contributed by atoms with E-state index < -0.39 is 0 Å². The summed E-state index contributed by atoms with van der Waals surface area (Å²) < 4.78 is 6.88. The molecule has 8 nitrogen and oxygen atoms in total. The topological polar surface area (TPSA) is 84.7 Å². The first-order valence-electron chi connectivity index (χ1n) is 12.3. The minimum Gasteiger partial charge on any atom is -0.497 e. The minimum absolute atomic E-state index is 0.0212. The fourth-order valence-corrected chi connectivity index (χ4v) is 4.64. The molecule has 0 atom stereocenters. The van der Waals surface area contributed by atoms with Crippen molar-refractivity contribution in [3.8, 4) is 11.4 Å². The van der Waals surface area contributed by atoms with E-state index in [1.807, 2.05) is 66.7 Å². The van der Waals surface area contributed by atoms with E-state index in [0.29, 0.717) is 59.9 Å². The van der Waals surface area contributed by atoms with Crippen molar-refractivity contribution in [3.63, 3.8) is 0 Å². The molecule has 2 heterocycles. The summed E-state index contributed by atoms with van der Waals surface area (Å²) in [7, 11) is 1.60. The van der Waals surface area contributed by atoms with Crippen LogP contribution in [0.2, 0.25) is 0 Å². The molecule has 5 rings (SSSR count). The first-order chi connectivity index (χ1) is 18.0. The zero-order chi connectivity index (χ0) is 25.8. The van der Waals surface area contributed by atoms with Gasteiger partial charge in [0, 0.05) is 50.3 Å². The lowest BCUT2D eigenvalue weighted by atomic mass is 10.1. The Bertz CT molecular complexity index is 1470. The number of carbonyl (C=O) groups is 2. The number of benzene rings is 3. The molecule has 37 heavy (non-hydrogen) atoms. The third-order valence-electron chi connectivity index (χ3n) is 6.67. The molecule has 1 aliphatic rings. The molecule has 1 saturated heterocycles. The van der Waals surface area contributed by atoms with E-state index >= 15 is 0 Å². The molecule has 0 aliphatic carbocycles. The maximum Gasteiger partial charge on any atom is 0.277 e. The molecule has 4 aromatic rings. The van der Waals surface area contributed by atoms with Gasteiger partial charge in [-0.2, -0.15) is 0 Å². The van der Waals surface area contributed by atoms with Crippen LogP contribution >= 0.6 is 0 Å². The Morgan fingerprint density at radius 2 is 1.49 bits per heavy atom. The second-order valence-corrected chi connectivity index (χ2v) is 8.92. The van der Waals surface area contributed by atoms with Crippen LogP contribution in [0.3, 0.4) is 0 Å². The molecule has 3 aromatic carbocycles. The van der Waals surface area contributed by atoms with Gasteiger partial charge in [-0.15, -0.1) is 0 Å². The zero-order valence-electron chi connectivity index (χ0n) is 20.7. The molecule has 0 spiro atoms. The number of aromatic nitrogens is 2. The largest absolute Gasteiger partial charge is 0.497 e. The van der Waals surface area contributed by atoms with Crippen molar-refractivity contribution in [3.05, 3.63) is 100 Å². The highest BCUT2D eigenvalue weighted by Crippen LogP contribution is 2.19. The molecule has 1 aliphatic heterocycles. The van der Waals surface area contributed by atoms with Gasteiger partial charge in [-0.05, 0) is 48.5 Å². The number of hydrogen-bond donors (Lipinski definition) is 0. The summed E-state index contributed by atoms with van der Waals surface area (Å²) in [5.41, 5.74) is 2.85. The summed E-state index contributed by atoms with van der Waals surface area (Å²) in [5.74, 6) is 0.635. The minimum atomic E-state index is -0.241. The number of fused-ring (bicyclic) bond motifs is 1. The number of piperazine rings is 1. The van der Waals surface area contributed by atoms with Crippen LogP contribution in [0.4, 0.5) is 0 Å². The number of carbonyl (C=O) groups excluding carboxylic acids is 2. The molecular formula is C29H28N4O4. The number of methoxy groups -OCH3 is 1. The van der Waals surface area contributed by atoms with E-state index in [1.54, 1.807) is 33.6 Å². The van der Waals surface area contributed by atoms with Gasteiger partial charge in [-0.3, -0.25) is 19.0 Å². The van der Waals surface area contributed by atoms with Crippen LogP contribution in [0.25, 0.3) is 16.7 Å². The van der Waals surface area contributed by atoms with Gasteiger partial charge >= 0.3 is 0 Å². The van der Waals surface area contributed by atoms with Crippen molar-refractivity contribution in [2.24, 2.45) is 0 Å². The highest BCUT2D eigenvalue weighted by molar-refractivity contribution is 5.94. The zero-order valence-corrected chi connectivity index (χ0v) is 20.7. The Morgan fingerprint density at radius 3 is 2.19 bits per heavy atom. The Morgan fingerprint density at radius 1 is 0.838 bits per heavy atom. The quantitative estimate of drug-likeness (QED) is 0.409. The second kappa shape index (κ2) is 10.7. The van der Waals surface area contributed by atoms with Crippen molar-refractivity contribution in [2.75, 3.05) is 33.3 Å². The molecule has 0 unspecified atom stereocenters. The Hall–Kier alpha value is -4.46. The van der Waals surface area contributed by atoms with E-state index in [4.69, 9.17) is 4.74 Å². The van der Waals surface area contributed by atoms with Gasteiger partial charge in [0.15, 0.2) is 0 Å². The maximum atomic E-state index is 13.5. The van der Waals surface area contributed by atoms with Gasteiger partial charge in [0.2, 0.25) is 5.91 Å². The summed E-state index contributed by atoms with van der Waals surface area (Å²) >= 11 is 0. The van der Waals surface area contributed by atoms with Gasteiger partial charge in [-0.1, -0.05) is 30.3 Å². The van der Waals surface area contributed by atoms with Gasteiger partial charge in [-0.25, -0.2) is 4.98 Å². The Kier molecular flexibility index (Phi) is 6.98. The fourth-order valence-electron chi connectivity index (χ4n) is 4.64. The molecule has 1 aromatic heterocycles. The molecule has 8 heteroatoms. The highest BCUT2D eigenvalue weighted by Gasteiger charge is 2.25. The standard InChI is InChI=1S/C29H28N4O4/c1-37-23-13-11-22(12-14-23)33-26-10-6-5-9-24(26)30-25(29(33)36)15-16-27(34)31-17-19-32(20-18-31)28(35)21-7-3-2-4-8-21/h2-14H,15-20H2,1H3. The molecular weight excluding hydrogens is 468 g/mol. The number of para-hydroxylation sites is 2. The fraction of sp³-hybridized carbons (Fsp3) is 0.241. The van der Waals surface area contributed by atoms with E-state index in [1.165, 1.54) is 0 Å². The first kappa shape index (κ1) is 24.2. The molecule has 188 valence electrons.